The largest absolute Gasteiger partial charge is 0.469 e. The summed E-state index contributed by atoms with van der Waals surface area (Å²) in [7, 11) is -4.61. The highest BCUT2D eigenvalue weighted by molar-refractivity contribution is 7.46. The monoisotopic (exact) mass is 460 g/mol. The molecule has 31 heavy (non-hydrogen) atoms. The van der Waals surface area contributed by atoms with E-state index in [0.29, 0.717) is 6.42 Å². The van der Waals surface area contributed by atoms with E-state index in [0.717, 1.165) is 32.1 Å². The van der Waals surface area contributed by atoms with Crippen LogP contribution in [0, 0.1) is 0 Å². The van der Waals surface area contributed by atoms with Gasteiger partial charge in [0.15, 0.2) is 6.29 Å². The second kappa shape index (κ2) is 20.8. The van der Waals surface area contributed by atoms with E-state index in [-0.39, 0.29) is 6.61 Å². The maximum Gasteiger partial charge on any atom is 0.469 e. The third-order valence-corrected chi connectivity index (χ3v) is 4.68. The maximum absolute atomic E-state index is 10.5. The molecule has 0 aromatic rings. The van der Waals surface area contributed by atoms with E-state index in [1.165, 1.54) is 25.7 Å². The number of allylic oxidation sites excluding steroid dienone is 8. The lowest BCUT2D eigenvalue weighted by molar-refractivity contribution is -0.129. The van der Waals surface area contributed by atoms with Gasteiger partial charge >= 0.3 is 7.82 Å². The van der Waals surface area contributed by atoms with Crippen molar-refractivity contribution in [2.75, 3.05) is 13.2 Å². The van der Waals surface area contributed by atoms with Crippen molar-refractivity contribution in [3.05, 3.63) is 48.6 Å². The van der Waals surface area contributed by atoms with E-state index in [1.807, 2.05) is 0 Å². The molecule has 180 valence electrons. The number of phosphoric ester groups is 1. The SMILES string of the molecule is CCCCC/C=C\C/C=C\C/C=C\C/C=C\CCCC(O)OC[C@@H](O)COP(=O)(O)O. The second-order valence-electron chi connectivity index (χ2n) is 7.25. The van der Waals surface area contributed by atoms with Gasteiger partial charge in [0.25, 0.3) is 0 Å². The molecule has 0 aliphatic carbocycles. The standard InChI is InChI=1S/C23H41O7P/c1-2-3-4-5-6-7-8-9-10-11-12-13-14-15-16-17-18-19-23(25)29-20-22(24)21-30-31(26,27)28/h6-7,9-10,12-13,15-16,22-25H,2-5,8,11,14,17-21H2,1H3,(H2,26,27,28)/b7-6-,10-9-,13-12-,16-15-/t22-,23?/m1/s1. The van der Waals surface area contributed by atoms with Gasteiger partial charge in [-0.2, -0.15) is 0 Å². The highest BCUT2D eigenvalue weighted by Crippen LogP contribution is 2.35. The van der Waals surface area contributed by atoms with Crippen LogP contribution >= 0.6 is 7.82 Å². The van der Waals surface area contributed by atoms with Crippen LogP contribution in [0.25, 0.3) is 0 Å². The molecule has 0 fully saturated rings. The van der Waals surface area contributed by atoms with Crippen LogP contribution in [0.3, 0.4) is 0 Å². The highest BCUT2D eigenvalue weighted by atomic mass is 31.2. The maximum atomic E-state index is 10.5. The Morgan fingerprint density at radius 1 is 0.774 bits per heavy atom. The predicted octanol–water partition coefficient (Wildman–Crippen LogP) is 4.94. The average molecular weight is 461 g/mol. The Balaban J connectivity index is 3.59. The van der Waals surface area contributed by atoms with Crippen molar-refractivity contribution in [1.82, 2.24) is 0 Å². The molecule has 1 unspecified atom stereocenters. The van der Waals surface area contributed by atoms with Crippen LogP contribution < -0.4 is 0 Å². The zero-order valence-corrected chi connectivity index (χ0v) is 19.6. The number of hydrogen-bond acceptors (Lipinski definition) is 5. The van der Waals surface area contributed by atoms with Crippen molar-refractivity contribution in [2.24, 2.45) is 0 Å². The third kappa shape index (κ3) is 25.1. The number of hydrogen-bond donors (Lipinski definition) is 4. The minimum atomic E-state index is -4.61. The van der Waals surface area contributed by atoms with Gasteiger partial charge in [-0.25, -0.2) is 4.57 Å². The fourth-order valence-electron chi connectivity index (χ4n) is 2.51. The zero-order valence-electron chi connectivity index (χ0n) is 18.7. The second-order valence-corrected chi connectivity index (χ2v) is 8.49. The topological polar surface area (TPSA) is 116 Å². The predicted molar refractivity (Wildman–Crippen MR) is 124 cm³/mol. The fraction of sp³-hybridized carbons (Fsp3) is 0.652. The Bertz CT molecular complexity index is 566. The smallest absolute Gasteiger partial charge is 0.388 e. The van der Waals surface area contributed by atoms with Crippen LogP contribution in [0.1, 0.15) is 71.1 Å². The Kier molecular flexibility index (Phi) is 20.1. The van der Waals surface area contributed by atoms with Crippen LogP contribution in [0.4, 0.5) is 0 Å². The summed E-state index contributed by atoms with van der Waals surface area (Å²) >= 11 is 0. The molecule has 0 saturated heterocycles. The number of rotatable bonds is 20. The molecule has 0 rings (SSSR count). The molecular formula is C23H41O7P. The zero-order chi connectivity index (χ0) is 23.2. The lowest BCUT2D eigenvalue weighted by Gasteiger charge is -2.15. The van der Waals surface area contributed by atoms with E-state index in [1.54, 1.807) is 0 Å². The summed E-state index contributed by atoms with van der Waals surface area (Å²) < 4.78 is 19.7. The summed E-state index contributed by atoms with van der Waals surface area (Å²) in [5.74, 6) is 0. The normalized spacial score (nSPS) is 15.1. The molecule has 0 amide bonds. The molecule has 8 heteroatoms. The summed E-state index contributed by atoms with van der Waals surface area (Å²) in [5, 5.41) is 19.1. The summed E-state index contributed by atoms with van der Waals surface area (Å²) in [5.41, 5.74) is 0. The van der Waals surface area contributed by atoms with Gasteiger partial charge in [-0.3, -0.25) is 4.52 Å². The van der Waals surface area contributed by atoms with Crippen molar-refractivity contribution < 1.29 is 33.8 Å². The molecule has 2 atom stereocenters. The minimum absolute atomic E-state index is 0.258. The number of aliphatic hydroxyl groups is 2. The number of aliphatic hydroxyl groups excluding tert-OH is 2. The van der Waals surface area contributed by atoms with Gasteiger partial charge in [0, 0.05) is 0 Å². The van der Waals surface area contributed by atoms with E-state index in [4.69, 9.17) is 14.5 Å². The summed E-state index contributed by atoms with van der Waals surface area (Å²) in [4.78, 5) is 17.1. The number of phosphoric acid groups is 1. The lowest BCUT2D eigenvalue weighted by Crippen LogP contribution is -2.25. The molecule has 0 bridgehead atoms. The summed E-state index contributed by atoms with van der Waals surface area (Å²) in [6.45, 7) is 1.40. The van der Waals surface area contributed by atoms with Gasteiger partial charge in [-0.15, -0.1) is 0 Å². The summed E-state index contributed by atoms with van der Waals surface area (Å²) in [6.07, 6.45) is 24.8. The minimum Gasteiger partial charge on any atom is -0.388 e. The molecule has 0 saturated carbocycles. The molecule has 4 N–H and O–H groups in total. The van der Waals surface area contributed by atoms with Gasteiger partial charge in [0.05, 0.1) is 13.2 Å². The van der Waals surface area contributed by atoms with E-state index in [9.17, 15) is 14.8 Å². The first-order chi connectivity index (χ1) is 14.8. The number of unbranched alkanes of at least 4 members (excludes halogenated alkanes) is 4. The average Bonchev–Trinajstić information content (AvgIpc) is 2.72. The van der Waals surface area contributed by atoms with Crippen molar-refractivity contribution in [3.8, 4) is 0 Å². The Labute approximate surface area is 187 Å². The fourth-order valence-corrected chi connectivity index (χ4v) is 2.87. The molecule has 7 nitrogen and oxygen atoms in total. The van der Waals surface area contributed by atoms with Gasteiger partial charge in [-0.1, -0.05) is 68.4 Å². The Morgan fingerprint density at radius 3 is 1.81 bits per heavy atom. The molecule has 0 heterocycles. The van der Waals surface area contributed by atoms with Crippen molar-refractivity contribution >= 4 is 7.82 Å². The summed E-state index contributed by atoms with van der Waals surface area (Å²) in [6, 6.07) is 0. The lowest BCUT2D eigenvalue weighted by atomic mass is 10.2. The van der Waals surface area contributed by atoms with Crippen molar-refractivity contribution in [3.63, 3.8) is 0 Å². The molecule has 0 aliphatic heterocycles. The Morgan fingerprint density at radius 2 is 1.29 bits per heavy atom. The van der Waals surface area contributed by atoms with Gasteiger partial charge in [0.1, 0.15) is 6.10 Å². The van der Waals surface area contributed by atoms with Gasteiger partial charge in [-0.05, 0) is 51.4 Å². The Hall–Kier alpha value is -1.05. The number of ether oxygens (including phenoxy) is 1. The quantitative estimate of drug-likeness (QED) is 0.0880. The molecule has 0 radical (unpaired) electrons. The molecule has 0 aromatic carbocycles. The third-order valence-electron chi connectivity index (χ3n) is 4.20. The van der Waals surface area contributed by atoms with E-state index >= 15 is 0 Å². The van der Waals surface area contributed by atoms with Crippen LogP contribution in [0.5, 0.6) is 0 Å². The van der Waals surface area contributed by atoms with Crippen LogP contribution in [-0.2, 0) is 13.8 Å². The van der Waals surface area contributed by atoms with E-state index < -0.39 is 26.8 Å². The van der Waals surface area contributed by atoms with Gasteiger partial charge < -0.3 is 24.7 Å². The first-order valence-corrected chi connectivity index (χ1v) is 12.7. The van der Waals surface area contributed by atoms with Gasteiger partial charge in [0.2, 0.25) is 0 Å². The van der Waals surface area contributed by atoms with Crippen LogP contribution in [0.2, 0.25) is 0 Å². The first-order valence-electron chi connectivity index (χ1n) is 11.1. The van der Waals surface area contributed by atoms with E-state index in [2.05, 4.69) is 60.1 Å². The highest BCUT2D eigenvalue weighted by Gasteiger charge is 2.17. The molecular weight excluding hydrogens is 419 g/mol. The first kappa shape index (κ1) is 29.9. The van der Waals surface area contributed by atoms with Crippen molar-refractivity contribution in [2.45, 2.75) is 83.5 Å². The molecule has 0 aromatic heterocycles. The van der Waals surface area contributed by atoms with Crippen LogP contribution in [-0.4, -0.2) is 45.6 Å². The van der Waals surface area contributed by atoms with Crippen LogP contribution in [0.15, 0.2) is 48.6 Å². The van der Waals surface area contributed by atoms with Crippen molar-refractivity contribution in [1.29, 1.82) is 0 Å². The molecule has 0 spiro atoms. The molecule has 0 aliphatic rings.